The van der Waals surface area contributed by atoms with Gasteiger partial charge in [-0.15, -0.1) is 0 Å². The number of hydrogen-bond acceptors (Lipinski definition) is 4. The van der Waals surface area contributed by atoms with Gasteiger partial charge in [0, 0.05) is 11.3 Å². The minimum atomic E-state index is -2.61. The molecule has 0 saturated heterocycles. The van der Waals surface area contributed by atoms with Crippen LogP contribution >= 0.6 is 23.8 Å². The first kappa shape index (κ1) is 29.0. The van der Waals surface area contributed by atoms with Crippen molar-refractivity contribution in [1.29, 1.82) is 0 Å². The number of benzene rings is 2. The number of anilines is 1. The molecule has 0 bridgehead atoms. The number of aldehydes is 1. The zero-order chi connectivity index (χ0) is 25.2. The topological polar surface area (TPSA) is 76.4 Å². The van der Waals surface area contributed by atoms with Crippen LogP contribution in [0.1, 0.15) is 16.8 Å². The predicted molar refractivity (Wildman–Crippen MR) is 145 cm³/mol. The maximum atomic E-state index is 10.4. The molecule has 5 nitrogen and oxygen atoms in total. The Balaban J connectivity index is 0.000000247. The van der Waals surface area contributed by atoms with E-state index in [-0.39, 0.29) is 0 Å². The Morgan fingerprint density at radius 2 is 1.73 bits per heavy atom. The van der Waals surface area contributed by atoms with E-state index >= 15 is 0 Å². The number of methoxy groups -OCH3 is 1. The fourth-order valence-corrected chi connectivity index (χ4v) is 7.81. The monoisotopic (exact) mass is 670 g/mol. The Labute approximate surface area is 207 Å². The van der Waals surface area contributed by atoms with Crippen LogP contribution in [0.3, 0.4) is 0 Å². The number of allylic oxidation sites excluding steroid dienone is 4. The van der Waals surface area contributed by atoms with Gasteiger partial charge in [0.1, 0.15) is 5.75 Å². The molecule has 0 aliphatic heterocycles. The van der Waals surface area contributed by atoms with Gasteiger partial charge in [0.15, 0.2) is 11.4 Å². The van der Waals surface area contributed by atoms with Crippen LogP contribution in [0.5, 0.6) is 5.75 Å². The molecule has 4 N–H and O–H groups in total. The maximum absolute atomic E-state index is 10.4. The van der Waals surface area contributed by atoms with E-state index in [4.69, 9.17) is 34.4 Å². The van der Waals surface area contributed by atoms with Gasteiger partial charge < -0.3 is 15.5 Å². The normalized spacial score (nSPS) is 14.1. The summed E-state index contributed by atoms with van der Waals surface area (Å²) in [6.07, 6.45) is 8.68. The third kappa shape index (κ3) is 10.6. The standard InChI is InChI=1S/C8H7ClO2.C7H9N3S.C5H5.5CH3.Ir/c1-11-7-4-2-3-6(5-10)8(7)9;8-10-7(11)9-6-4-2-1-3-5-6;1-2-4-5-3-1;;;;;;/h2-5H,1H3;1-5H,8H2,(H2,9,10,11);1-3H,4H2;5*1H3;. The number of hydrogen-bond donors (Lipinski definition) is 3. The molecule has 0 heterocycles. The van der Waals surface area contributed by atoms with E-state index in [2.05, 4.69) is 56.2 Å². The fourth-order valence-electron chi connectivity index (χ4n) is 2.49. The first-order valence-electron chi connectivity index (χ1n) is 9.77. The summed E-state index contributed by atoms with van der Waals surface area (Å²) in [5.74, 6) is 5.59. The molecule has 2 aromatic carbocycles. The van der Waals surface area contributed by atoms with E-state index < -0.39 is 12.9 Å². The molecule has 0 aromatic heterocycles. The van der Waals surface area contributed by atoms with E-state index in [1.165, 1.54) is 13.5 Å². The van der Waals surface area contributed by atoms with Crippen LogP contribution in [-0.4, -0.2) is 18.5 Å². The number of nitrogens with one attached hydrogen (secondary N) is 2. The fraction of sp³-hybridized carbons (Fsp3) is 0.280. The molecule has 0 unspecified atom stereocenters. The van der Waals surface area contributed by atoms with Crippen molar-refractivity contribution in [3.05, 3.63) is 81.4 Å². The SMILES string of the molecule is COc1cccc(C=O)c1Cl.NNC(=S)Nc1ccccc1.[CH3][Ir]([CH3])([CH3])([CH3])([CH3])[C]1=CC=CC1. The van der Waals surface area contributed by atoms with Crippen LogP contribution in [0.25, 0.3) is 0 Å². The molecule has 0 saturated carbocycles. The van der Waals surface area contributed by atoms with E-state index in [0.717, 1.165) is 5.69 Å². The average Bonchev–Trinajstić information content (AvgIpc) is 3.31. The number of carbonyl (C=O) groups is 1. The number of thiocarbonyl (C=S) groups is 1. The van der Waals surface area contributed by atoms with Crippen LogP contribution < -0.4 is 21.3 Å². The van der Waals surface area contributed by atoms with E-state index in [1.54, 1.807) is 22.3 Å². The molecule has 0 radical (unpaired) electrons. The summed E-state index contributed by atoms with van der Waals surface area (Å²) in [6.45, 7) is 0. The molecule has 33 heavy (non-hydrogen) atoms. The number of nitrogens with two attached hydrogens (primary N) is 1. The van der Waals surface area contributed by atoms with Crippen molar-refractivity contribution in [3.8, 4) is 5.75 Å². The van der Waals surface area contributed by atoms with Gasteiger partial charge in [0.25, 0.3) is 0 Å². The Hall–Kier alpha value is -2.02. The van der Waals surface area contributed by atoms with Crippen LogP contribution in [-0.2, 0) is 12.9 Å². The first-order chi connectivity index (χ1) is 15.2. The van der Waals surface area contributed by atoms with Crippen molar-refractivity contribution in [2.75, 3.05) is 12.4 Å². The van der Waals surface area contributed by atoms with Gasteiger partial charge in [-0.05, 0) is 36.5 Å². The molecule has 2 aromatic rings. The van der Waals surface area contributed by atoms with E-state index in [1.807, 2.05) is 30.3 Å². The van der Waals surface area contributed by atoms with Crippen molar-refractivity contribution < 1.29 is 22.4 Å². The zero-order valence-electron chi connectivity index (χ0n) is 20.1. The third-order valence-corrected chi connectivity index (χ3v) is 13.5. The quantitative estimate of drug-likeness (QED) is 0.137. The Bertz CT molecular complexity index is 1020. The average molecular weight is 670 g/mol. The second kappa shape index (κ2) is 11.4. The number of rotatable bonds is 4. The van der Waals surface area contributed by atoms with Gasteiger partial charge in [-0.3, -0.25) is 4.79 Å². The summed E-state index contributed by atoms with van der Waals surface area (Å²) in [5.41, 5.74) is 16.1. The van der Waals surface area contributed by atoms with E-state index in [9.17, 15) is 4.79 Å². The summed E-state index contributed by atoms with van der Waals surface area (Å²) in [7, 11) is 1.51. The summed E-state index contributed by atoms with van der Waals surface area (Å²) in [5, 5.41) is 3.67. The van der Waals surface area contributed by atoms with Crippen LogP contribution in [0.15, 0.2) is 70.8 Å². The van der Waals surface area contributed by atoms with Gasteiger partial charge in [0.2, 0.25) is 0 Å². The first-order valence-corrected chi connectivity index (χ1v) is 23.7. The van der Waals surface area contributed by atoms with Crippen LogP contribution in [0.2, 0.25) is 32.2 Å². The van der Waals surface area contributed by atoms with E-state index in [0.29, 0.717) is 27.7 Å². The molecular formula is C25H36ClIrN3O2S. The molecule has 0 fully saturated rings. The molecule has 0 spiro atoms. The van der Waals surface area contributed by atoms with Gasteiger partial charge in [-0.1, -0.05) is 35.9 Å². The third-order valence-electron chi connectivity index (χ3n) is 4.28. The Kier molecular flexibility index (Phi) is 10.0. The van der Waals surface area contributed by atoms with Gasteiger partial charge in [0.05, 0.1) is 12.1 Å². The molecule has 0 amide bonds. The molecule has 3 rings (SSSR count). The second-order valence-electron chi connectivity index (χ2n) is 9.33. The molecule has 1 aliphatic carbocycles. The summed E-state index contributed by atoms with van der Waals surface area (Å²) in [4.78, 5) is 10.4. The number of ether oxygens (including phenoxy) is 1. The van der Waals surface area contributed by atoms with Crippen LogP contribution in [0, 0.1) is 0 Å². The molecular weight excluding hydrogens is 634 g/mol. The zero-order valence-corrected chi connectivity index (χ0v) is 24.1. The minimum absolute atomic E-state index is 0.366. The Morgan fingerprint density at radius 3 is 2.15 bits per heavy atom. The molecule has 1 aliphatic rings. The second-order valence-corrected chi connectivity index (χ2v) is 41.6. The summed E-state index contributed by atoms with van der Waals surface area (Å²) in [6, 6.07) is 14.6. The molecule has 185 valence electrons. The number of para-hydroxylation sites is 1. The Morgan fingerprint density at radius 1 is 1.09 bits per heavy atom. The predicted octanol–water partition coefficient (Wildman–Crippen LogP) is 7.30. The van der Waals surface area contributed by atoms with Crippen molar-refractivity contribution >= 4 is 40.9 Å². The van der Waals surface area contributed by atoms with Crippen molar-refractivity contribution in [1.82, 2.24) is 5.43 Å². The number of carbonyl (C=O) groups excluding carboxylic acids is 1. The van der Waals surface area contributed by atoms with Crippen molar-refractivity contribution in [3.63, 3.8) is 0 Å². The van der Waals surface area contributed by atoms with Crippen LogP contribution in [0.4, 0.5) is 5.69 Å². The summed E-state index contributed by atoms with van der Waals surface area (Å²) >= 11 is 7.94. The molecule has 8 heteroatoms. The van der Waals surface area contributed by atoms with Gasteiger partial charge in [-0.2, -0.15) is 0 Å². The molecule has 0 atom stereocenters. The number of hydrazine groups is 1. The number of halogens is 1. The van der Waals surface area contributed by atoms with Gasteiger partial charge >= 0.3 is 68.8 Å². The summed E-state index contributed by atoms with van der Waals surface area (Å²) < 4.78 is 6.60. The van der Waals surface area contributed by atoms with Crippen molar-refractivity contribution in [2.24, 2.45) is 5.84 Å². The van der Waals surface area contributed by atoms with Crippen molar-refractivity contribution in [2.45, 2.75) is 33.6 Å². The van der Waals surface area contributed by atoms with Gasteiger partial charge in [-0.25, -0.2) is 5.84 Å².